The summed E-state index contributed by atoms with van der Waals surface area (Å²) < 4.78 is 14.2. The molecule has 0 spiro atoms. The van der Waals surface area contributed by atoms with Crippen molar-refractivity contribution in [1.82, 2.24) is 0 Å². The summed E-state index contributed by atoms with van der Waals surface area (Å²) in [6.07, 6.45) is 6.55. The van der Waals surface area contributed by atoms with Crippen molar-refractivity contribution < 1.29 is 28.6 Å². The molecule has 3 aromatic rings. The van der Waals surface area contributed by atoms with Gasteiger partial charge in [0.05, 0.1) is 0 Å². The van der Waals surface area contributed by atoms with Gasteiger partial charge in [0.25, 0.3) is 0 Å². The molecule has 38 heavy (non-hydrogen) atoms. The fraction of sp³-hybridized carbons (Fsp3) is 0.361. The minimum absolute atomic E-state index is 0.167. The zero-order valence-corrected chi connectivity index (χ0v) is 27.0. The Balaban J connectivity index is 0.000000193. The Morgan fingerprint density at radius 3 is 1.97 bits per heavy atom. The molecule has 0 saturated carbocycles. The van der Waals surface area contributed by atoms with Crippen LogP contribution in [-0.2, 0) is 41.5 Å². The van der Waals surface area contributed by atoms with Crippen LogP contribution >= 0.6 is 0 Å². The quantitative estimate of drug-likeness (QED) is 0.196. The summed E-state index contributed by atoms with van der Waals surface area (Å²) in [5, 5.41) is 0. The molecule has 2 aliphatic rings. The predicted octanol–water partition coefficient (Wildman–Crippen LogP) is 9.51. The van der Waals surface area contributed by atoms with E-state index >= 15 is 0 Å². The summed E-state index contributed by atoms with van der Waals surface area (Å²) in [5.74, 6) is 0.381. The third kappa shape index (κ3) is 7.92. The van der Waals surface area contributed by atoms with E-state index in [-0.39, 0.29) is 16.6 Å². The molecule has 0 bridgehead atoms. The molecule has 5 rings (SSSR count). The Labute approximate surface area is 245 Å². The topological polar surface area (TPSA) is 0 Å². The van der Waals surface area contributed by atoms with E-state index in [0.29, 0.717) is 5.92 Å². The maximum absolute atomic E-state index is 12.2. The van der Waals surface area contributed by atoms with Crippen LogP contribution < -0.4 is 0 Å². The van der Waals surface area contributed by atoms with Crippen molar-refractivity contribution in [3.05, 3.63) is 118 Å². The van der Waals surface area contributed by atoms with E-state index in [1.807, 2.05) is 3.71 Å². The van der Waals surface area contributed by atoms with Crippen LogP contribution in [0.4, 0.5) is 4.39 Å². The van der Waals surface area contributed by atoms with Crippen LogP contribution in [0.5, 0.6) is 0 Å². The van der Waals surface area contributed by atoms with Crippen LogP contribution in [0.15, 0.2) is 71.8 Å². The molecule has 0 aromatic heterocycles. The van der Waals surface area contributed by atoms with Crippen LogP contribution in [0, 0.1) is 23.9 Å². The number of hydrogen-bond donors (Lipinski definition) is 0. The number of fused-ring (bicyclic) bond motifs is 3. The van der Waals surface area contributed by atoms with Gasteiger partial charge in [-0.05, 0) is 28.4 Å². The average Bonchev–Trinajstić information content (AvgIpc) is 3.35. The summed E-state index contributed by atoms with van der Waals surface area (Å²) in [6, 6.07) is 21.6. The van der Waals surface area contributed by atoms with Gasteiger partial charge in [0.1, 0.15) is 0 Å². The summed E-state index contributed by atoms with van der Waals surface area (Å²) in [7, 11) is 0. The number of hydrogen-bond acceptors (Lipinski definition) is 0. The van der Waals surface area contributed by atoms with Gasteiger partial charge >= 0.3 is 68.0 Å². The standard InChI is InChI=1S/C21H25.C8H11.C7H5F.Zr/c1-20(2,3)16-7-9-18-14(12-16)11-15-13-17(21(4,5)6)8-10-19(15)18;1-6-4-7(2)8(3)5-6;1-6-2-4-7(8)5-3-6;/h7-10,12H,11H2,1-6H3;4,6H,1-3H3;1-5H;/q2*-1;;+2. The fourth-order valence-corrected chi connectivity index (χ4v) is 5.06. The first kappa shape index (κ1) is 30.4. The predicted molar refractivity (Wildman–Crippen MR) is 158 cm³/mol. The molecule has 0 heterocycles. The van der Waals surface area contributed by atoms with Gasteiger partial charge in [0.2, 0.25) is 0 Å². The van der Waals surface area contributed by atoms with Crippen molar-refractivity contribution in [1.29, 1.82) is 0 Å². The number of halogens is 1. The van der Waals surface area contributed by atoms with Crippen LogP contribution in [0.3, 0.4) is 0 Å². The molecule has 196 valence electrons. The van der Waals surface area contributed by atoms with Gasteiger partial charge in [-0.2, -0.15) is 29.8 Å². The van der Waals surface area contributed by atoms with Gasteiger partial charge in [-0.15, -0.1) is 18.1 Å². The first-order valence-electron chi connectivity index (χ1n) is 13.4. The van der Waals surface area contributed by atoms with Crippen LogP contribution in [-0.4, -0.2) is 3.71 Å². The van der Waals surface area contributed by atoms with E-state index < -0.39 is 0 Å². The number of allylic oxidation sites excluding steroid dienone is 4. The molecule has 0 saturated heterocycles. The second-order valence-corrected chi connectivity index (χ2v) is 13.1. The number of benzene rings is 3. The van der Waals surface area contributed by atoms with Gasteiger partial charge in [0, 0.05) is 0 Å². The van der Waals surface area contributed by atoms with Crippen molar-refractivity contribution in [2.24, 2.45) is 5.92 Å². The Kier molecular flexibility index (Phi) is 9.86. The van der Waals surface area contributed by atoms with Gasteiger partial charge < -0.3 is 0 Å². The molecule has 0 aliphatic heterocycles. The Bertz CT molecular complexity index is 1260. The van der Waals surface area contributed by atoms with Gasteiger partial charge in [-0.3, -0.25) is 6.08 Å². The molecule has 2 heteroatoms. The molecule has 1 unspecified atom stereocenters. The first-order chi connectivity index (χ1) is 17.7. The summed E-state index contributed by atoms with van der Waals surface area (Å²) in [5.41, 5.74) is 12.5. The SMILES string of the molecule is CC(C)(C)c1[c-]c2c(cc1)-c1ccc(C(C)(C)C)cc1C2.CC1=[C-]C(C)C=C1C.Fc1ccc([CH]=[Zr+2])cc1. The molecule has 2 aliphatic carbocycles. The van der Waals surface area contributed by atoms with E-state index in [9.17, 15) is 4.39 Å². The number of rotatable bonds is 1. The molecule has 0 fully saturated rings. The normalized spacial score (nSPS) is 15.7. The van der Waals surface area contributed by atoms with Crippen molar-refractivity contribution in [3.8, 4) is 11.1 Å². The second-order valence-electron chi connectivity index (χ2n) is 12.4. The summed E-state index contributed by atoms with van der Waals surface area (Å²) >= 11 is 1.34. The Morgan fingerprint density at radius 2 is 1.50 bits per heavy atom. The van der Waals surface area contributed by atoms with E-state index in [1.165, 1.54) is 80.9 Å². The molecule has 0 radical (unpaired) electrons. The zero-order chi connectivity index (χ0) is 28.3. The fourth-order valence-electron chi connectivity index (χ4n) is 4.58. The maximum atomic E-state index is 12.2. The van der Waals surface area contributed by atoms with E-state index in [0.717, 1.165) is 12.0 Å². The van der Waals surface area contributed by atoms with Gasteiger partial charge in [-0.25, -0.2) is 11.1 Å². The van der Waals surface area contributed by atoms with Crippen LogP contribution in [0.1, 0.15) is 90.1 Å². The Hall–Kier alpha value is -2.18. The zero-order valence-electron chi connectivity index (χ0n) is 24.5. The molecular formula is C36H41FZr. The van der Waals surface area contributed by atoms with Gasteiger partial charge in [-0.1, -0.05) is 85.1 Å². The molecular weight excluding hydrogens is 543 g/mol. The first-order valence-corrected chi connectivity index (χ1v) is 14.9. The Morgan fingerprint density at radius 1 is 0.868 bits per heavy atom. The van der Waals surface area contributed by atoms with E-state index in [1.54, 1.807) is 12.1 Å². The molecule has 0 nitrogen and oxygen atoms in total. The van der Waals surface area contributed by atoms with Crippen molar-refractivity contribution >= 4 is 3.71 Å². The van der Waals surface area contributed by atoms with Crippen molar-refractivity contribution in [2.75, 3.05) is 0 Å². The minimum atomic E-state index is -0.170. The summed E-state index contributed by atoms with van der Waals surface area (Å²) in [4.78, 5) is 0. The van der Waals surface area contributed by atoms with Crippen LogP contribution in [0.25, 0.3) is 11.1 Å². The second kappa shape index (κ2) is 12.3. The van der Waals surface area contributed by atoms with Gasteiger partial charge in [0.15, 0.2) is 0 Å². The molecule has 3 aromatic carbocycles. The summed E-state index contributed by atoms with van der Waals surface area (Å²) in [6.45, 7) is 20.0. The molecule has 0 N–H and O–H groups in total. The van der Waals surface area contributed by atoms with Crippen LogP contribution in [0.2, 0.25) is 0 Å². The third-order valence-electron chi connectivity index (χ3n) is 7.04. The van der Waals surface area contributed by atoms with E-state index in [2.05, 4.69) is 111 Å². The van der Waals surface area contributed by atoms with Crippen molar-refractivity contribution in [3.63, 3.8) is 0 Å². The molecule has 0 amide bonds. The van der Waals surface area contributed by atoms with E-state index in [4.69, 9.17) is 0 Å². The molecule has 1 atom stereocenters. The van der Waals surface area contributed by atoms with Crippen molar-refractivity contribution in [2.45, 2.75) is 79.6 Å². The monoisotopic (exact) mass is 582 g/mol. The average molecular weight is 584 g/mol. The third-order valence-corrected chi connectivity index (χ3v) is 7.86.